The summed E-state index contributed by atoms with van der Waals surface area (Å²) >= 11 is 6.13. The molecule has 0 bridgehead atoms. The van der Waals surface area contributed by atoms with E-state index in [0.717, 1.165) is 31.7 Å². The minimum absolute atomic E-state index is 0.127. The molecule has 3 rings (SSSR count). The summed E-state index contributed by atoms with van der Waals surface area (Å²) in [4.78, 5) is 6.53. The van der Waals surface area contributed by atoms with Gasteiger partial charge in [-0.2, -0.15) is 0 Å². The maximum Gasteiger partial charge on any atom is 0.147 e. The van der Waals surface area contributed by atoms with E-state index in [1.54, 1.807) is 6.20 Å². The summed E-state index contributed by atoms with van der Waals surface area (Å²) in [5.41, 5.74) is 0. The van der Waals surface area contributed by atoms with Gasteiger partial charge in [0.1, 0.15) is 5.82 Å². The molecule has 2 heterocycles. The fourth-order valence-electron chi connectivity index (χ4n) is 3.02. The van der Waals surface area contributed by atoms with Gasteiger partial charge in [0.25, 0.3) is 0 Å². The Labute approximate surface area is 100 Å². The van der Waals surface area contributed by atoms with Gasteiger partial charge in [-0.15, -0.1) is 0 Å². The lowest BCUT2D eigenvalue weighted by atomic mass is 10.00. The summed E-state index contributed by atoms with van der Waals surface area (Å²) in [6.07, 6.45) is 3.73. The lowest BCUT2D eigenvalue weighted by Crippen LogP contribution is -2.25. The molecular formula is C12H15ClN2O. The van der Waals surface area contributed by atoms with E-state index in [1.165, 1.54) is 0 Å². The van der Waals surface area contributed by atoms with Gasteiger partial charge in [0.15, 0.2) is 0 Å². The van der Waals surface area contributed by atoms with E-state index >= 15 is 0 Å². The van der Waals surface area contributed by atoms with Crippen LogP contribution >= 0.6 is 11.6 Å². The SMILES string of the molecule is OC1CCC2CN(c3ncccc3Cl)CC12. The van der Waals surface area contributed by atoms with Crippen molar-refractivity contribution in [3.63, 3.8) is 0 Å². The van der Waals surface area contributed by atoms with Crippen molar-refractivity contribution >= 4 is 17.4 Å². The molecule has 2 fully saturated rings. The topological polar surface area (TPSA) is 36.4 Å². The van der Waals surface area contributed by atoms with Gasteiger partial charge in [-0.05, 0) is 30.9 Å². The van der Waals surface area contributed by atoms with Crippen molar-refractivity contribution in [3.05, 3.63) is 23.4 Å². The third-order valence-electron chi connectivity index (χ3n) is 3.86. The molecule has 1 N–H and O–H groups in total. The largest absolute Gasteiger partial charge is 0.393 e. The van der Waals surface area contributed by atoms with Crippen LogP contribution in [-0.4, -0.2) is 29.3 Å². The molecule has 1 aliphatic carbocycles. The first-order valence-corrected chi connectivity index (χ1v) is 6.17. The Morgan fingerprint density at radius 2 is 2.25 bits per heavy atom. The van der Waals surface area contributed by atoms with Crippen LogP contribution in [0.15, 0.2) is 18.3 Å². The maximum atomic E-state index is 9.85. The number of hydrogen-bond donors (Lipinski definition) is 1. The number of fused-ring (bicyclic) bond motifs is 1. The van der Waals surface area contributed by atoms with E-state index in [1.807, 2.05) is 12.1 Å². The molecule has 3 nitrogen and oxygen atoms in total. The highest BCUT2D eigenvalue weighted by atomic mass is 35.5. The van der Waals surface area contributed by atoms with Crippen LogP contribution in [0, 0.1) is 11.8 Å². The molecule has 0 amide bonds. The highest BCUT2D eigenvalue weighted by Gasteiger charge is 2.42. The lowest BCUT2D eigenvalue weighted by molar-refractivity contribution is 0.133. The maximum absolute atomic E-state index is 9.85. The normalized spacial score (nSPS) is 33.1. The van der Waals surface area contributed by atoms with Crippen LogP contribution in [0.2, 0.25) is 5.02 Å². The Bertz CT molecular complexity index is 398. The molecule has 16 heavy (non-hydrogen) atoms. The molecule has 1 saturated carbocycles. The molecule has 0 spiro atoms. The van der Waals surface area contributed by atoms with Gasteiger partial charge in [0.2, 0.25) is 0 Å². The van der Waals surface area contributed by atoms with E-state index < -0.39 is 0 Å². The number of aliphatic hydroxyl groups is 1. The second-order valence-electron chi connectivity index (χ2n) is 4.78. The Morgan fingerprint density at radius 3 is 3.00 bits per heavy atom. The first-order valence-electron chi connectivity index (χ1n) is 5.79. The molecular weight excluding hydrogens is 224 g/mol. The average Bonchev–Trinajstić information content (AvgIpc) is 2.82. The minimum atomic E-state index is -0.127. The van der Waals surface area contributed by atoms with E-state index in [2.05, 4.69) is 9.88 Å². The van der Waals surface area contributed by atoms with Crippen LogP contribution in [0.4, 0.5) is 5.82 Å². The first-order chi connectivity index (χ1) is 7.75. The lowest BCUT2D eigenvalue weighted by Gasteiger charge is -2.20. The van der Waals surface area contributed by atoms with Crippen LogP contribution in [0.1, 0.15) is 12.8 Å². The van der Waals surface area contributed by atoms with Crippen LogP contribution in [0.5, 0.6) is 0 Å². The number of rotatable bonds is 1. The second kappa shape index (κ2) is 3.90. The summed E-state index contributed by atoms with van der Waals surface area (Å²) in [5.74, 6) is 1.90. The zero-order valence-corrected chi connectivity index (χ0v) is 9.77. The zero-order chi connectivity index (χ0) is 11.1. The predicted octanol–water partition coefficient (Wildman–Crippen LogP) is 1.94. The van der Waals surface area contributed by atoms with Crippen molar-refractivity contribution in [3.8, 4) is 0 Å². The van der Waals surface area contributed by atoms with Crippen LogP contribution in [0.3, 0.4) is 0 Å². The summed E-state index contributed by atoms with van der Waals surface area (Å²) in [7, 11) is 0. The Kier molecular flexibility index (Phi) is 2.52. The standard InChI is InChI=1S/C12H15ClN2O/c13-10-2-1-5-14-12(10)15-6-8-3-4-11(16)9(8)7-15/h1-2,5,8-9,11,16H,3-4,6-7H2. The molecule has 3 atom stereocenters. The minimum Gasteiger partial charge on any atom is -0.393 e. The summed E-state index contributed by atoms with van der Waals surface area (Å²) in [6.45, 7) is 1.88. The van der Waals surface area contributed by atoms with Crippen molar-refractivity contribution in [2.45, 2.75) is 18.9 Å². The van der Waals surface area contributed by atoms with E-state index in [0.29, 0.717) is 16.9 Å². The van der Waals surface area contributed by atoms with Crippen molar-refractivity contribution in [1.29, 1.82) is 0 Å². The molecule has 4 heteroatoms. The smallest absolute Gasteiger partial charge is 0.147 e. The monoisotopic (exact) mass is 238 g/mol. The molecule has 2 aliphatic rings. The fraction of sp³-hybridized carbons (Fsp3) is 0.583. The number of nitrogens with zero attached hydrogens (tertiary/aromatic N) is 2. The fourth-order valence-corrected chi connectivity index (χ4v) is 3.26. The zero-order valence-electron chi connectivity index (χ0n) is 9.01. The van der Waals surface area contributed by atoms with E-state index in [9.17, 15) is 5.11 Å². The third-order valence-corrected chi connectivity index (χ3v) is 4.15. The number of hydrogen-bond acceptors (Lipinski definition) is 3. The average molecular weight is 239 g/mol. The van der Waals surface area contributed by atoms with Gasteiger partial charge < -0.3 is 10.0 Å². The van der Waals surface area contributed by atoms with Gasteiger partial charge >= 0.3 is 0 Å². The molecule has 86 valence electrons. The molecule has 1 aromatic rings. The van der Waals surface area contributed by atoms with Crippen LogP contribution in [0.25, 0.3) is 0 Å². The van der Waals surface area contributed by atoms with Gasteiger partial charge in [-0.25, -0.2) is 4.98 Å². The number of aliphatic hydroxyl groups excluding tert-OH is 1. The van der Waals surface area contributed by atoms with Crippen LogP contribution in [-0.2, 0) is 0 Å². The number of halogens is 1. The van der Waals surface area contributed by atoms with Gasteiger partial charge in [-0.3, -0.25) is 0 Å². The number of aromatic nitrogens is 1. The third kappa shape index (κ3) is 1.59. The number of anilines is 1. The van der Waals surface area contributed by atoms with Gasteiger partial charge in [-0.1, -0.05) is 11.6 Å². The summed E-state index contributed by atoms with van der Waals surface area (Å²) < 4.78 is 0. The molecule has 0 aromatic carbocycles. The Hall–Kier alpha value is -0.800. The van der Waals surface area contributed by atoms with Crippen LogP contribution < -0.4 is 4.90 Å². The van der Waals surface area contributed by atoms with Crippen molar-refractivity contribution in [2.24, 2.45) is 11.8 Å². The van der Waals surface area contributed by atoms with Crippen molar-refractivity contribution < 1.29 is 5.11 Å². The summed E-state index contributed by atoms with van der Waals surface area (Å²) in [6, 6.07) is 3.71. The Morgan fingerprint density at radius 1 is 1.38 bits per heavy atom. The van der Waals surface area contributed by atoms with Crippen molar-refractivity contribution in [1.82, 2.24) is 4.98 Å². The molecule has 3 unspecified atom stereocenters. The number of pyridine rings is 1. The highest BCUT2D eigenvalue weighted by Crippen LogP contribution is 2.40. The van der Waals surface area contributed by atoms with Gasteiger partial charge in [0.05, 0.1) is 11.1 Å². The predicted molar refractivity (Wildman–Crippen MR) is 63.7 cm³/mol. The van der Waals surface area contributed by atoms with E-state index in [4.69, 9.17) is 11.6 Å². The van der Waals surface area contributed by atoms with Crippen molar-refractivity contribution in [2.75, 3.05) is 18.0 Å². The highest BCUT2D eigenvalue weighted by molar-refractivity contribution is 6.32. The molecule has 1 aromatic heterocycles. The summed E-state index contributed by atoms with van der Waals surface area (Å²) in [5, 5.41) is 10.6. The Balaban J connectivity index is 1.82. The second-order valence-corrected chi connectivity index (χ2v) is 5.19. The molecule has 1 aliphatic heterocycles. The van der Waals surface area contributed by atoms with Gasteiger partial charge in [0, 0.05) is 25.2 Å². The van der Waals surface area contributed by atoms with E-state index in [-0.39, 0.29) is 6.10 Å². The quantitative estimate of drug-likeness (QED) is 0.813. The molecule has 0 radical (unpaired) electrons. The first kappa shape index (κ1) is 10.4. The molecule has 1 saturated heterocycles.